The fraction of sp³-hybridized carbons (Fsp3) is 0.200. The number of nitriles is 1. The van der Waals surface area contributed by atoms with Gasteiger partial charge >= 0.3 is 0 Å². The van der Waals surface area contributed by atoms with Gasteiger partial charge in [0.15, 0.2) is 11.5 Å². The average Bonchev–Trinajstić information content (AvgIpc) is 2.63. The van der Waals surface area contributed by atoms with E-state index in [4.69, 9.17) is 32.7 Å². The summed E-state index contributed by atoms with van der Waals surface area (Å²) in [4.78, 5) is 12.4. The second kappa shape index (κ2) is 9.31. The second-order valence-corrected chi connectivity index (χ2v) is 6.59. The van der Waals surface area contributed by atoms with Crippen molar-refractivity contribution in [3.8, 4) is 17.6 Å². The third kappa shape index (κ3) is 5.40. The third-order valence-corrected chi connectivity index (χ3v) is 4.25. The largest absolute Gasteiger partial charge is 0.493 e. The molecule has 0 aliphatic carbocycles. The molecule has 0 aromatic heterocycles. The van der Waals surface area contributed by atoms with E-state index in [1.54, 1.807) is 36.4 Å². The standard InChI is InChI=1S/C20H18Cl2N2O3/c1-12(2)27-17-8-7-13(10-18(17)26-3)9-14(11-23)20(25)24-16-6-4-5-15(21)19(16)22/h4-10,12H,1-3H3,(H,24,25)/b14-9-. The number of amides is 1. The molecule has 0 aliphatic rings. The van der Waals surface area contributed by atoms with Crippen LogP contribution in [0.3, 0.4) is 0 Å². The molecule has 5 nitrogen and oxygen atoms in total. The van der Waals surface area contributed by atoms with Gasteiger partial charge in [0, 0.05) is 0 Å². The summed E-state index contributed by atoms with van der Waals surface area (Å²) in [5.74, 6) is 0.495. The number of carbonyl (C=O) groups excluding carboxylic acids is 1. The zero-order valence-corrected chi connectivity index (χ0v) is 16.6. The van der Waals surface area contributed by atoms with Gasteiger partial charge in [0.25, 0.3) is 5.91 Å². The molecule has 0 heterocycles. The summed E-state index contributed by atoms with van der Waals surface area (Å²) in [5, 5.41) is 12.5. The fourth-order valence-electron chi connectivity index (χ4n) is 2.23. The number of anilines is 1. The van der Waals surface area contributed by atoms with Crippen LogP contribution >= 0.6 is 23.2 Å². The van der Waals surface area contributed by atoms with Gasteiger partial charge in [-0.05, 0) is 49.8 Å². The molecule has 0 aliphatic heterocycles. The van der Waals surface area contributed by atoms with Crippen LogP contribution in [0.15, 0.2) is 42.0 Å². The predicted octanol–water partition coefficient (Wildman–Crippen LogP) is 5.33. The van der Waals surface area contributed by atoms with Crippen molar-refractivity contribution in [1.82, 2.24) is 0 Å². The molecule has 7 heteroatoms. The minimum absolute atomic E-state index is 0.0109. The second-order valence-electron chi connectivity index (χ2n) is 5.80. The molecule has 1 N–H and O–H groups in total. The first-order chi connectivity index (χ1) is 12.8. The highest BCUT2D eigenvalue weighted by Gasteiger charge is 2.14. The summed E-state index contributed by atoms with van der Waals surface area (Å²) in [6.45, 7) is 3.82. The van der Waals surface area contributed by atoms with Gasteiger partial charge in [0.1, 0.15) is 11.6 Å². The van der Waals surface area contributed by atoms with Gasteiger partial charge in [0.2, 0.25) is 0 Å². The van der Waals surface area contributed by atoms with Gasteiger partial charge in [-0.25, -0.2) is 0 Å². The van der Waals surface area contributed by atoms with Crippen molar-refractivity contribution in [3.05, 3.63) is 57.6 Å². The maximum atomic E-state index is 12.4. The number of hydrogen-bond acceptors (Lipinski definition) is 4. The molecule has 2 rings (SSSR count). The molecule has 27 heavy (non-hydrogen) atoms. The van der Waals surface area contributed by atoms with Crippen molar-refractivity contribution < 1.29 is 14.3 Å². The van der Waals surface area contributed by atoms with Crippen LogP contribution < -0.4 is 14.8 Å². The summed E-state index contributed by atoms with van der Waals surface area (Å²) in [5.41, 5.74) is 0.853. The SMILES string of the molecule is COc1cc(/C=C(/C#N)C(=O)Nc2cccc(Cl)c2Cl)ccc1OC(C)C. The number of methoxy groups -OCH3 is 1. The van der Waals surface area contributed by atoms with Gasteiger partial charge in [-0.2, -0.15) is 5.26 Å². The molecule has 0 fully saturated rings. The van der Waals surface area contributed by atoms with Crippen LogP contribution in [-0.2, 0) is 4.79 Å². The Hall–Kier alpha value is -2.68. The van der Waals surface area contributed by atoms with Crippen molar-refractivity contribution in [2.24, 2.45) is 0 Å². The maximum Gasteiger partial charge on any atom is 0.266 e. The Morgan fingerprint density at radius 1 is 1.22 bits per heavy atom. The molecular formula is C20H18Cl2N2O3. The highest BCUT2D eigenvalue weighted by Crippen LogP contribution is 2.31. The van der Waals surface area contributed by atoms with E-state index in [1.807, 2.05) is 19.9 Å². The summed E-state index contributed by atoms with van der Waals surface area (Å²) >= 11 is 12.0. The van der Waals surface area contributed by atoms with Crippen molar-refractivity contribution in [1.29, 1.82) is 5.26 Å². The molecule has 0 bridgehead atoms. The van der Waals surface area contributed by atoms with E-state index in [0.717, 1.165) is 0 Å². The fourth-order valence-corrected chi connectivity index (χ4v) is 2.58. The number of nitrogens with zero attached hydrogens (tertiary/aromatic N) is 1. The highest BCUT2D eigenvalue weighted by atomic mass is 35.5. The van der Waals surface area contributed by atoms with Crippen LogP contribution in [0, 0.1) is 11.3 Å². The zero-order chi connectivity index (χ0) is 20.0. The Labute approximate surface area is 168 Å². The van der Waals surface area contributed by atoms with Gasteiger partial charge in [-0.1, -0.05) is 35.3 Å². The van der Waals surface area contributed by atoms with E-state index in [2.05, 4.69) is 5.32 Å². The van der Waals surface area contributed by atoms with Crippen LogP contribution in [0.1, 0.15) is 19.4 Å². The predicted molar refractivity (Wildman–Crippen MR) is 107 cm³/mol. The Morgan fingerprint density at radius 2 is 1.96 bits per heavy atom. The smallest absolute Gasteiger partial charge is 0.266 e. The number of halogens is 2. The van der Waals surface area contributed by atoms with E-state index in [9.17, 15) is 10.1 Å². The minimum Gasteiger partial charge on any atom is -0.493 e. The Bertz CT molecular complexity index is 918. The van der Waals surface area contributed by atoms with Gasteiger partial charge in [-0.15, -0.1) is 0 Å². The Kier molecular flexibility index (Phi) is 7.12. The molecular weight excluding hydrogens is 387 g/mol. The van der Waals surface area contributed by atoms with Crippen LogP contribution in [0.2, 0.25) is 10.0 Å². The van der Waals surface area contributed by atoms with E-state index in [0.29, 0.717) is 27.8 Å². The first-order valence-corrected chi connectivity index (χ1v) is 8.83. The third-order valence-electron chi connectivity index (χ3n) is 3.43. The van der Waals surface area contributed by atoms with Crippen molar-refractivity contribution in [2.75, 3.05) is 12.4 Å². The van der Waals surface area contributed by atoms with Crippen molar-refractivity contribution in [2.45, 2.75) is 20.0 Å². The molecule has 0 saturated heterocycles. The quantitative estimate of drug-likeness (QED) is 0.521. The molecule has 2 aromatic rings. The Morgan fingerprint density at radius 3 is 2.59 bits per heavy atom. The normalized spacial score (nSPS) is 11.1. The van der Waals surface area contributed by atoms with Crippen LogP contribution in [-0.4, -0.2) is 19.1 Å². The molecule has 1 amide bonds. The average molecular weight is 405 g/mol. The molecule has 0 radical (unpaired) electrons. The lowest BCUT2D eigenvalue weighted by Crippen LogP contribution is -2.13. The van der Waals surface area contributed by atoms with Gasteiger partial charge < -0.3 is 14.8 Å². The summed E-state index contributed by atoms with van der Waals surface area (Å²) < 4.78 is 11.0. The number of hydrogen-bond donors (Lipinski definition) is 1. The summed E-state index contributed by atoms with van der Waals surface area (Å²) in [7, 11) is 1.52. The van der Waals surface area contributed by atoms with Gasteiger partial charge in [0.05, 0.1) is 28.9 Å². The van der Waals surface area contributed by atoms with E-state index < -0.39 is 5.91 Å². The van der Waals surface area contributed by atoms with Crippen LogP contribution in [0.25, 0.3) is 6.08 Å². The maximum absolute atomic E-state index is 12.4. The summed E-state index contributed by atoms with van der Waals surface area (Å²) in [6, 6.07) is 11.9. The number of carbonyl (C=O) groups is 1. The molecule has 0 spiro atoms. The van der Waals surface area contributed by atoms with Crippen LogP contribution in [0.4, 0.5) is 5.69 Å². The molecule has 140 valence electrons. The number of benzene rings is 2. The first-order valence-electron chi connectivity index (χ1n) is 8.07. The highest BCUT2D eigenvalue weighted by molar-refractivity contribution is 6.44. The summed E-state index contributed by atoms with van der Waals surface area (Å²) in [6.07, 6.45) is 1.44. The number of ether oxygens (including phenoxy) is 2. The van der Waals surface area contributed by atoms with Crippen molar-refractivity contribution >= 4 is 40.9 Å². The van der Waals surface area contributed by atoms with Crippen molar-refractivity contribution in [3.63, 3.8) is 0 Å². The first kappa shape index (κ1) is 20.6. The van der Waals surface area contributed by atoms with E-state index in [1.165, 1.54) is 13.2 Å². The molecule has 0 unspecified atom stereocenters. The topological polar surface area (TPSA) is 71.3 Å². The molecule has 0 atom stereocenters. The minimum atomic E-state index is -0.594. The van der Waals surface area contributed by atoms with Crippen LogP contribution in [0.5, 0.6) is 11.5 Å². The van der Waals surface area contributed by atoms with E-state index >= 15 is 0 Å². The zero-order valence-electron chi connectivity index (χ0n) is 15.0. The lowest BCUT2D eigenvalue weighted by Gasteiger charge is -2.14. The molecule has 0 saturated carbocycles. The lowest BCUT2D eigenvalue weighted by atomic mass is 10.1. The monoisotopic (exact) mass is 404 g/mol. The van der Waals surface area contributed by atoms with E-state index in [-0.39, 0.29) is 16.7 Å². The number of rotatable bonds is 6. The lowest BCUT2D eigenvalue weighted by molar-refractivity contribution is -0.112. The van der Waals surface area contributed by atoms with Gasteiger partial charge in [-0.3, -0.25) is 4.79 Å². The molecule has 2 aromatic carbocycles. The number of nitrogens with one attached hydrogen (secondary N) is 1. The Balaban J connectivity index is 2.28.